The highest BCUT2D eigenvalue weighted by Gasteiger charge is 2.50. The van der Waals surface area contributed by atoms with Crippen LogP contribution in [0.4, 0.5) is 0 Å². The number of hydrogen-bond donors (Lipinski definition) is 0. The van der Waals surface area contributed by atoms with Gasteiger partial charge >= 0.3 is 35.8 Å². The minimum atomic E-state index is -1.58. The lowest BCUT2D eigenvalue weighted by molar-refractivity contribution is -0.209. The molecule has 0 aromatic carbocycles. The largest absolute Gasteiger partial charge is 0.475 e. The highest BCUT2D eigenvalue weighted by molar-refractivity contribution is 5.86. The number of esters is 6. The van der Waals surface area contributed by atoms with Crippen molar-refractivity contribution in [3.8, 4) is 0 Å². The molecule has 13 heteroatoms. The second-order valence-corrected chi connectivity index (χ2v) is 6.78. The summed E-state index contributed by atoms with van der Waals surface area (Å²) in [5.41, 5.74) is 0. The minimum absolute atomic E-state index is 0.455. The zero-order valence-electron chi connectivity index (χ0n) is 19.0. The molecular formula is C20H26O13. The maximum atomic E-state index is 12.2. The van der Waals surface area contributed by atoms with Crippen molar-refractivity contribution in [2.24, 2.45) is 0 Å². The lowest BCUT2D eigenvalue weighted by Crippen LogP contribution is -2.57. The van der Waals surface area contributed by atoms with Gasteiger partial charge < -0.3 is 33.2 Å². The monoisotopic (exact) mass is 474 g/mol. The van der Waals surface area contributed by atoms with Crippen molar-refractivity contribution in [2.75, 3.05) is 13.7 Å². The van der Waals surface area contributed by atoms with E-state index in [1.807, 2.05) is 0 Å². The third-order valence-electron chi connectivity index (χ3n) is 3.98. The molecule has 33 heavy (non-hydrogen) atoms. The van der Waals surface area contributed by atoms with E-state index in [9.17, 15) is 28.8 Å². The first-order chi connectivity index (χ1) is 15.3. The molecule has 0 fully saturated rings. The summed E-state index contributed by atoms with van der Waals surface area (Å²) in [6.07, 6.45) is -6.37. The van der Waals surface area contributed by atoms with Crippen LogP contribution in [-0.2, 0) is 61.9 Å². The van der Waals surface area contributed by atoms with Crippen LogP contribution in [0.1, 0.15) is 34.6 Å². The number of rotatable bonds is 9. The van der Waals surface area contributed by atoms with Crippen molar-refractivity contribution in [1.82, 2.24) is 0 Å². The molecular weight excluding hydrogens is 448 g/mol. The van der Waals surface area contributed by atoms with Crippen LogP contribution in [0.3, 0.4) is 0 Å². The second-order valence-electron chi connectivity index (χ2n) is 6.78. The molecule has 13 nitrogen and oxygen atoms in total. The Morgan fingerprint density at radius 3 is 1.88 bits per heavy atom. The van der Waals surface area contributed by atoms with Crippen molar-refractivity contribution in [3.63, 3.8) is 0 Å². The van der Waals surface area contributed by atoms with Crippen LogP contribution in [-0.4, -0.2) is 80.1 Å². The molecule has 1 aliphatic heterocycles. The molecule has 0 saturated carbocycles. The highest BCUT2D eigenvalue weighted by Crippen LogP contribution is 2.30. The number of carbonyl (C=O) groups is 6. The van der Waals surface area contributed by atoms with E-state index in [1.165, 1.54) is 0 Å². The van der Waals surface area contributed by atoms with E-state index >= 15 is 0 Å². The average molecular weight is 474 g/mol. The van der Waals surface area contributed by atoms with Crippen LogP contribution in [0, 0.1) is 0 Å². The van der Waals surface area contributed by atoms with E-state index in [-0.39, 0.29) is 0 Å². The topological polar surface area (TPSA) is 167 Å². The zero-order chi connectivity index (χ0) is 25.3. The van der Waals surface area contributed by atoms with Gasteiger partial charge in [0.15, 0.2) is 30.5 Å². The summed E-state index contributed by atoms with van der Waals surface area (Å²) in [7, 11) is 1.06. The first-order valence-corrected chi connectivity index (χ1v) is 9.64. The molecule has 0 saturated heterocycles. The molecule has 0 amide bonds. The van der Waals surface area contributed by atoms with E-state index in [0.717, 1.165) is 47.8 Å². The molecule has 4 unspecified atom stereocenters. The van der Waals surface area contributed by atoms with Gasteiger partial charge in [-0.05, 0) is 0 Å². The fourth-order valence-corrected chi connectivity index (χ4v) is 2.93. The summed E-state index contributed by atoms with van der Waals surface area (Å²) in [5.74, 6) is -5.49. The van der Waals surface area contributed by atoms with Gasteiger partial charge in [-0.25, -0.2) is 4.79 Å². The van der Waals surface area contributed by atoms with Gasteiger partial charge in [-0.3, -0.25) is 24.0 Å². The smallest absolute Gasteiger partial charge is 0.373 e. The summed E-state index contributed by atoms with van der Waals surface area (Å²) in [6.45, 7) is 4.75. The summed E-state index contributed by atoms with van der Waals surface area (Å²) >= 11 is 0. The van der Waals surface area contributed by atoms with Gasteiger partial charge in [0.1, 0.15) is 6.61 Å². The first-order valence-electron chi connectivity index (χ1n) is 9.64. The van der Waals surface area contributed by atoms with Crippen LogP contribution in [0.5, 0.6) is 0 Å². The fourth-order valence-electron chi connectivity index (χ4n) is 2.93. The van der Waals surface area contributed by atoms with E-state index < -0.39 is 78.7 Å². The van der Waals surface area contributed by atoms with Gasteiger partial charge in [-0.1, -0.05) is 0 Å². The molecule has 0 bridgehead atoms. The van der Waals surface area contributed by atoms with E-state index in [0.29, 0.717) is 0 Å². The van der Waals surface area contributed by atoms with Gasteiger partial charge in [0.05, 0.1) is 7.11 Å². The Morgan fingerprint density at radius 1 is 0.848 bits per heavy atom. The standard InChI is InChI=1S/C20H26O13/c1-9(21)28-8-16(30-11(3)23)18(32-13(5)25)19-17(31-12(4)24)14(29-10(2)22)7-15(33-19)20(26)27-6/h7,14,16-19H,8H2,1-6H3/t14?,16-,17?,18?,19?/m1/s1. The van der Waals surface area contributed by atoms with Crippen LogP contribution in [0.25, 0.3) is 0 Å². The molecule has 5 atom stereocenters. The normalized spacial score (nSPS) is 21.2. The lowest BCUT2D eigenvalue weighted by atomic mass is 9.95. The van der Waals surface area contributed by atoms with E-state index in [1.54, 1.807) is 0 Å². The Kier molecular flexibility index (Phi) is 10.3. The van der Waals surface area contributed by atoms with Crippen LogP contribution in [0.15, 0.2) is 11.8 Å². The van der Waals surface area contributed by atoms with Gasteiger partial charge in [-0.15, -0.1) is 0 Å². The lowest BCUT2D eigenvalue weighted by Gasteiger charge is -2.40. The third kappa shape index (κ3) is 8.79. The molecule has 1 aliphatic rings. The van der Waals surface area contributed by atoms with Crippen LogP contribution in [0.2, 0.25) is 0 Å². The third-order valence-corrected chi connectivity index (χ3v) is 3.98. The van der Waals surface area contributed by atoms with E-state index in [4.69, 9.17) is 28.4 Å². The fraction of sp³-hybridized carbons (Fsp3) is 0.600. The molecule has 0 radical (unpaired) electrons. The second kappa shape index (κ2) is 12.4. The van der Waals surface area contributed by atoms with Crippen molar-refractivity contribution in [3.05, 3.63) is 11.8 Å². The number of methoxy groups -OCH3 is 1. The average Bonchev–Trinajstić information content (AvgIpc) is 2.68. The number of hydrogen-bond acceptors (Lipinski definition) is 13. The Bertz CT molecular complexity index is 815. The summed E-state index contributed by atoms with van der Waals surface area (Å²) in [6, 6.07) is 0. The van der Waals surface area contributed by atoms with Gasteiger partial charge in [0.2, 0.25) is 5.76 Å². The Morgan fingerprint density at radius 2 is 1.42 bits per heavy atom. The number of ether oxygens (including phenoxy) is 7. The molecule has 184 valence electrons. The predicted octanol–water partition coefficient (Wildman–Crippen LogP) is -0.268. The molecule has 1 rings (SSSR count). The van der Waals surface area contributed by atoms with Crippen LogP contribution >= 0.6 is 0 Å². The maximum absolute atomic E-state index is 12.2. The number of carbonyl (C=O) groups excluding carboxylic acids is 6. The summed E-state index contributed by atoms with van der Waals surface area (Å²) < 4.78 is 36.0. The molecule has 1 heterocycles. The quantitative estimate of drug-likeness (QED) is 0.317. The first kappa shape index (κ1) is 27.4. The Balaban J connectivity index is 3.58. The van der Waals surface area contributed by atoms with Gasteiger partial charge in [0, 0.05) is 40.7 Å². The molecule has 0 aromatic rings. The Hall–Kier alpha value is -3.64. The van der Waals surface area contributed by atoms with Crippen molar-refractivity contribution in [1.29, 1.82) is 0 Å². The molecule has 0 spiro atoms. The van der Waals surface area contributed by atoms with Gasteiger partial charge in [-0.2, -0.15) is 0 Å². The zero-order valence-corrected chi connectivity index (χ0v) is 19.0. The Labute approximate surface area is 189 Å². The molecule has 0 aromatic heterocycles. The highest BCUT2D eigenvalue weighted by atomic mass is 16.6. The summed E-state index contributed by atoms with van der Waals surface area (Å²) in [5, 5.41) is 0. The SMILES string of the molecule is COC(=O)C1=CC(OC(C)=O)C(OC(C)=O)C(C(OC(C)=O)[C@@H](COC(C)=O)OC(C)=O)O1. The van der Waals surface area contributed by atoms with Crippen molar-refractivity contribution in [2.45, 2.75) is 65.1 Å². The maximum Gasteiger partial charge on any atom is 0.373 e. The van der Waals surface area contributed by atoms with Crippen LogP contribution < -0.4 is 0 Å². The summed E-state index contributed by atoms with van der Waals surface area (Å²) in [4.78, 5) is 70.4. The molecule has 0 N–H and O–H groups in total. The van der Waals surface area contributed by atoms with Gasteiger partial charge in [0.25, 0.3) is 0 Å². The van der Waals surface area contributed by atoms with Crippen molar-refractivity contribution >= 4 is 35.8 Å². The predicted molar refractivity (Wildman–Crippen MR) is 104 cm³/mol. The minimum Gasteiger partial charge on any atom is -0.475 e. The van der Waals surface area contributed by atoms with E-state index in [2.05, 4.69) is 4.74 Å². The molecule has 0 aliphatic carbocycles. The van der Waals surface area contributed by atoms with Crippen molar-refractivity contribution < 1.29 is 61.9 Å².